The second-order valence-electron chi connectivity index (χ2n) is 2.72. The molecule has 0 radical (unpaired) electrons. The van der Waals surface area contributed by atoms with E-state index >= 15 is 0 Å². The number of halogens is 2. The van der Waals surface area contributed by atoms with Gasteiger partial charge in [-0.25, -0.2) is 4.68 Å². The topological polar surface area (TPSA) is 30.7 Å². The van der Waals surface area contributed by atoms with Gasteiger partial charge in [-0.1, -0.05) is 27.2 Å². The Hall–Kier alpha value is -0.160. The van der Waals surface area contributed by atoms with Gasteiger partial charge in [-0.2, -0.15) is 0 Å². The van der Waals surface area contributed by atoms with Gasteiger partial charge >= 0.3 is 0 Å². The summed E-state index contributed by atoms with van der Waals surface area (Å²) in [6.45, 7) is 2.06. The van der Waals surface area contributed by atoms with Gasteiger partial charge in [0.15, 0.2) is 4.60 Å². The van der Waals surface area contributed by atoms with Gasteiger partial charge in [0.1, 0.15) is 0 Å². The van der Waals surface area contributed by atoms with Crippen molar-refractivity contribution in [1.29, 1.82) is 0 Å². The first-order chi connectivity index (χ1) is 6.16. The first kappa shape index (κ1) is 10.9. The molecule has 5 heteroatoms. The van der Waals surface area contributed by atoms with E-state index in [4.69, 9.17) is 0 Å². The Morgan fingerprint density at radius 2 is 2.31 bits per heavy atom. The molecule has 0 fully saturated rings. The molecule has 72 valence electrons. The molecule has 1 aromatic heterocycles. The van der Waals surface area contributed by atoms with Crippen molar-refractivity contribution < 1.29 is 0 Å². The number of rotatable bonds is 3. The van der Waals surface area contributed by atoms with Gasteiger partial charge < -0.3 is 0 Å². The Morgan fingerprint density at radius 3 is 2.77 bits per heavy atom. The summed E-state index contributed by atoms with van der Waals surface area (Å²) in [6.07, 6.45) is 3.18. The predicted octanol–water partition coefficient (Wildman–Crippen LogP) is 2.77. The fraction of sp³-hybridized carbons (Fsp3) is 0.500. The molecule has 13 heavy (non-hydrogen) atoms. The number of hydrogen-bond acceptors (Lipinski definition) is 2. The van der Waals surface area contributed by atoms with Gasteiger partial charge in [0.25, 0.3) is 0 Å². The molecular formula is C8H11Br2N3. The lowest BCUT2D eigenvalue weighted by Gasteiger charge is -2.00. The Bertz CT molecular complexity index is 298. The maximum Gasteiger partial charge on any atom is 0.155 e. The highest BCUT2D eigenvalue weighted by molar-refractivity contribution is 9.10. The lowest BCUT2D eigenvalue weighted by molar-refractivity contribution is 0.706. The van der Waals surface area contributed by atoms with Crippen LogP contribution in [0.15, 0.2) is 10.7 Å². The minimum Gasteiger partial charge on any atom is -0.247 e. The minimum atomic E-state index is 0.804. The maximum absolute atomic E-state index is 3.92. The van der Waals surface area contributed by atoms with Crippen molar-refractivity contribution >= 4 is 37.4 Å². The van der Waals surface area contributed by atoms with Crippen LogP contribution in [0.4, 0.5) is 0 Å². The molecule has 0 saturated carbocycles. The third-order valence-electron chi connectivity index (χ3n) is 1.72. The van der Waals surface area contributed by atoms with Crippen molar-refractivity contribution in [3.05, 3.63) is 16.4 Å². The molecular weight excluding hydrogens is 298 g/mol. The van der Waals surface area contributed by atoms with Crippen LogP contribution >= 0.6 is 31.9 Å². The van der Waals surface area contributed by atoms with Crippen LogP contribution in [0, 0.1) is 0 Å². The van der Waals surface area contributed by atoms with Gasteiger partial charge in [0.2, 0.25) is 0 Å². The monoisotopic (exact) mass is 307 g/mol. The van der Waals surface area contributed by atoms with E-state index in [1.54, 1.807) is 4.68 Å². The van der Waals surface area contributed by atoms with Crippen molar-refractivity contribution in [3.8, 4) is 0 Å². The van der Waals surface area contributed by atoms with Crippen LogP contribution in [0.5, 0.6) is 0 Å². The summed E-state index contributed by atoms with van der Waals surface area (Å²) >= 11 is 6.75. The number of aromatic nitrogens is 3. The van der Waals surface area contributed by atoms with Crippen molar-refractivity contribution in [3.63, 3.8) is 0 Å². The number of nitrogens with zero attached hydrogens (tertiary/aromatic N) is 3. The van der Waals surface area contributed by atoms with Crippen molar-refractivity contribution in [2.45, 2.75) is 13.3 Å². The van der Waals surface area contributed by atoms with E-state index in [2.05, 4.69) is 55.2 Å². The number of allylic oxidation sites excluding steroid dienone is 2. The first-order valence-electron chi connectivity index (χ1n) is 3.95. The smallest absolute Gasteiger partial charge is 0.155 e. The van der Waals surface area contributed by atoms with E-state index < -0.39 is 0 Å². The van der Waals surface area contributed by atoms with Crippen LogP contribution < -0.4 is 0 Å². The zero-order chi connectivity index (χ0) is 9.84. The van der Waals surface area contributed by atoms with E-state index in [1.165, 1.54) is 5.57 Å². The summed E-state index contributed by atoms with van der Waals surface area (Å²) < 4.78 is 2.57. The largest absolute Gasteiger partial charge is 0.247 e. The molecule has 0 spiro atoms. The SMILES string of the molecule is CC(=CCCBr)c1c(Br)nnn1C. The molecule has 0 aliphatic rings. The molecule has 1 heterocycles. The summed E-state index contributed by atoms with van der Waals surface area (Å²) in [5.74, 6) is 0. The van der Waals surface area contributed by atoms with Gasteiger partial charge in [0, 0.05) is 12.4 Å². The Kier molecular flexibility index (Phi) is 4.12. The van der Waals surface area contributed by atoms with E-state index in [-0.39, 0.29) is 0 Å². The van der Waals surface area contributed by atoms with Crippen molar-refractivity contribution in [1.82, 2.24) is 15.0 Å². The van der Waals surface area contributed by atoms with Crippen molar-refractivity contribution in [2.24, 2.45) is 7.05 Å². The van der Waals surface area contributed by atoms with Crippen LogP contribution in [-0.4, -0.2) is 20.3 Å². The summed E-state index contributed by atoms with van der Waals surface area (Å²) in [6, 6.07) is 0. The molecule has 0 saturated heterocycles. The second-order valence-corrected chi connectivity index (χ2v) is 4.26. The van der Waals surface area contributed by atoms with Crippen LogP contribution in [0.25, 0.3) is 5.57 Å². The summed E-state index contributed by atoms with van der Waals surface area (Å²) in [7, 11) is 1.89. The summed E-state index contributed by atoms with van der Waals surface area (Å²) in [4.78, 5) is 0. The molecule has 0 aliphatic heterocycles. The van der Waals surface area contributed by atoms with E-state index in [0.717, 1.165) is 22.0 Å². The van der Waals surface area contributed by atoms with Gasteiger partial charge in [0.05, 0.1) is 5.69 Å². The summed E-state index contributed by atoms with van der Waals surface area (Å²) in [5.41, 5.74) is 2.24. The van der Waals surface area contributed by atoms with Gasteiger partial charge in [-0.3, -0.25) is 0 Å². The molecule has 0 N–H and O–H groups in total. The van der Waals surface area contributed by atoms with Gasteiger partial charge in [-0.05, 0) is 34.8 Å². The Labute approximate surface area is 94.5 Å². The lowest BCUT2D eigenvalue weighted by atomic mass is 10.2. The molecule has 0 amide bonds. The number of aryl methyl sites for hydroxylation is 1. The van der Waals surface area contributed by atoms with Gasteiger partial charge in [-0.15, -0.1) is 5.10 Å². The second kappa shape index (κ2) is 4.91. The van der Waals surface area contributed by atoms with Crippen LogP contribution in [0.1, 0.15) is 19.0 Å². The third-order valence-corrected chi connectivity index (χ3v) is 2.71. The molecule has 3 nitrogen and oxygen atoms in total. The molecule has 0 aliphatic carbocycles. The lowest BCUT2D eigenvalue weighted by Crippen LogP contribution is -1.96. The Morgan fingerprint density at radius 1 is 1.62 bits per heavy atom. The molecule has 0 aromatic carbocycles. The zero-order valence-electron chi connectivity index (χ0n) is 7.59. The highest BCUT2D eigenvalue weighted by Crippen LogP contribution is 2.21. The molecule has 0 unspecified atom stereocenters. The highest BCUT2D eigenvalue weighted by Gasteiger charge is 2.08. The average Bonchev–Trinajstić information content (AvgIpc) is 2.42. The third kappa shape index (κ3) is 2.64. The van der Waals surface area contributed by atoms with E-state index in [1.807, 2.05) is 7.05 Å². The fourth-order valence-electron chi connectivity index (χ4n) is 1.12. The number of alkyl halides is 1. The number of hydrogen-bond donors (Lipinski definition) is 0. The molecule has 0 bridgehead atoms. The zero-order valence-corrected chi connectivity index (χ0v) is 10.8. The molecule has 1 rings (SSSR count). The van der Waals surface area contributed by atoms with E-state index in [9.17, 15) is 0 Å². The van der Waals surface area contributed by atoms with Crippen LogP contribution in [0.2, 0.25) is 0 Å². The standard InChI is InChI=1S/C8H11Br2N3/c1-6(4-3-5-9)7-8(10)11-12-13(7)2/h4H,3,5H2,1-2H3. The molecule has 1 aromatic rings. The van der Waals surface area contributed by atoms with Crippen LogP contribution in [-0.2, 0) is 7.05 Å². The normalized spacial score (nSPS) is 12.2. The minimum absolute atomic E-state index is 0.804. The fourth-order valence-corrected chi connectivity index (χ4v) is 1.99. The summed E-state index contributed by atoms with van der Waals surface area (Å²) in [5, 5.41) is 8.81. The molecule has 0 atom stereocenters. The van der Waals surface area contributed by atoms with Crippen LogP contribution in [0.3, 0.4) is 0 Å². The Balaban J connectivity index is 2.93. The maximum atomic E-state index is 3.92. The van der Waals surface area contributed by atoms with Crippen molar-refractivity contribution in [2.75, 3.05) is 5.33 Å². The first-order valence-corrected chi connectivity index (χ1v) is 5.86. The highest BCUT2D eigenvalue weighted by atomic mass is 79.9. The quantitative estimate of drug-likeness (QED) is 0.804. The average molecular weight is 309 g/mol. The predicted molar refractivity (Wildman–Crippen MR) is 60.8 cm³/mol. The van der Waals surface area contributed by atoms with E-state index in [0.29, 0.717) is 0 Å².